The molecule has 0 radical (unpaired) electrons. The number of likely N-dealkylation sites (tertiary alicyclic amines) is 1. The predicted octanol–water partition coefficient (Wildman–Crippen LogP) is 0.308. The van der Waals surface area contributed by atoms with Crippen LogP contribution in [0.15, 0.2) is 24.3 Å². The largest absolute Gasteiger partial charge is 1.00 e. The summed E-state index contributed by atoms with van der Waals surface area (Å²) < 4.78 is 6.81. The topological polar surface area (TPSA) is 46.5 Å². The number of quaternary nitrogens is 1. The SMILES string of the molecule is CCC(C)C(C(=O)OC1CC[N+](C)(C)CC1)c1ccccc1O.[Br-]. The second kappa shape index (κ2) is 8.86. The van der Waals surface area contributed by atoms with Gasteiger partial charge in [-0.25, -0.2) is 0 Å². The lowest BCUT2D eigenvalue weighted by Gasteiger charge is -2.37. The zero-order chi connectivity index (χ0) is 17.0. The average Bonchev–Trinajstić information content (AvgIpc) is 2.51. The van der Waals surface area contributed by atoms with Crippen LogP contribution in [0.25, 0.3) is 0 Å². The molecule has 2 atom stereocenters. The Bertz CT molecular complexity index is 537. The molecule has 1 aliphatic heterocycles. The normalized spacial score (nSPS) is 19.8. The molecule has 136 valence electrons. The van der Waals surface area contributed by atoms with E-state index in [4.69, 9.17) is 4.74 Å². The Morgan fingerprint density at radius 3 is 2.42 bits per heavy atom. The number of hydrogen-bond donors (Lipinski definition) is 1. The van der Waals surface area contributed by atoms with Crippen LogP contribution in [0.5, 0.6) is 5.75 Å². The zero-order valence-electron chi connectivity index (χ0n) is 15.2. The third-order valence-electron chi connectivity index (χ3n) is 5.13. The number of aromatic hydroxyl groups is 1. The Morgan fingerprint density at radius 2 is 1.88 bits per heavy atom. The predicted molar refractivity (Wildman–Crippen MR) is 91.3 cm³/mol. The first-order valence-electron chi connectivity index (χ1n) is 8.64. The maximum Gasteiger partial charge on any atom is 0.314 e. The second-order valence-corrected chi connectivity index (χ2v) is 7.44. The number of ether oxygens (including phenoxy) is 1. The van der Waals surface area contributed by atoms with Crippen molar-refractivity contribution in [2.75, 3.05) is 27.2 Å². The molecule has 1 saturated heterocycles. The monoisotopic (exact) mass is 399 g/mol. The van der Waals surface area contributed by atoms with Gasteiger partial charge in [0.15, 0.2) is 0 Å². The summed E-state index contributed by atoms with van der Waals surface area (Å²) in [6, 6.07) is 7.10. The lowest BCUT2D eigenvalue weighted by atomic mass is 9.85. The van der Waals surface area contributed by atoms with Gasteiger partial charge in [0.2, 0.25) is 0 Å². The first kappa shape index (κ1) is 21.0. The van der Waals surface area contributed by atoms with Gasteiger partial charge in [-0.05, 0) is 12.0 Å². The van der Waals surface area contributed by atoms with Gasteiger partial charge in [0.25, 0.3) is 0 Å². The fraction of sp³-hybridized carbons (Fsp3) is 0.632. The Morgan fingerprint density at radius 1 is 1.29 bits per heavy atom. The molecule has 1 N–H and O–H groups in total. The van der Waals surface area contributed by atoms with Gasteiger partial charge in [-0.1, -0.05) is 38.5 Å². The lowest BCUT2D eigenvalue weighted by molar-refractivity contribution is -0.896. The number of hydrogen-bond acceptors (Lipinski definition) is 3. The number of carbonyl (C=O) groups is 1. The molecular formula is C19H30BrNO3. The highest BCUT2D eigenvalue weighted by atomic mass is 79.9. The molecule has 0 aliphatic carbocycles. The number of rotatable bonds is 5. The first-order valence-corrected chi connectivity index (χ1v) is 8.64. The Hall–Kier alpha value is -1.07. The van der Waals surface area contributed by atoms with Crippen molar-refractivity contribution in [2.45, 2.75) is 45.1 Å². The van der Waals surface area contributed by atoms with Crippen LogP contribution in [-0.4, -0.2) is 48.8 Å². The quantitative estimate of drug-likeness (QED) is 0.572. The number of carbonyl (C=O) groups excluding carboxylic acids is 1. The fourth-order valence-corrected chi connectivity index (χ4v) is 3.25. The molecule has 0 saturated carbocycles. The van der Waals surface area contributed by atoms with E-state index < -0.39 is 5.92 Å². The molecule has 1 fully saturated rings. The van der Waals surface area contributed by atoms with E-state index in [2.05, 4.69) is 21.0 Å². The molecule has 1 heterocycles. The molecule has 1 aliphatic rings. The number of benzene rings is 1. The Labute approximate surface area is 156 Å². The van der Waals surface area contributed by atoms with Crippen LogP contribution in [0.1, 0.15) is 44.6 Å². The van der Waals surface area contributed by atoms with Gasteiger partial charge in [-0.3, -0.25) is 4.79 Å². The van der Waals surface area contributed by atoms with Gasteiger partial charge in [0.05, 0.1) is 33.1 Å². The summed E-state index contributed by atoms with van der Waals surface area (Å²) in [5.74, 6) is -0.286. The number of para-hydroxylation sites is 1. The molecule has 2 rings (SSSR count). The second-order valence-electron chi connectivity index (χ2n) is 7.44. The number of esters is 1. The summed E-state index contributed by atoms with van der Waals surface area (Å²) >= 11 is 0. The van der Waals surface area contributed by atoms with Crippen LogP contribution in [0, 0.1) is 5.92 Å². The van der Waals surface area contributed by atoms with Gasteiger partial charge >= 0.3 is 5.97 Å². The third kappa shape index (κ3) is 5.21. The molecule has 0 bridgehead atoms. The highest BCUT2D eigenvalue weighted by molar-refractivity contribution is 5.79. The van der Waals surface area contributed by atoms with Crippen LogP contribution >= 0.6 is 0 Å². The van der Waals surface area contributed by atoms with Gasteiger partial charge < -0.3 is 31.3 Å². The first-order chi connectivity index (χ1) is 10.8. The number of nitrogens with zero attached hydrogens (tertiary/aromatic N) is 1. The van der Waals surface area contributed by atoms with E-state index >= 15 is 0 Å². The number of phenolic OH excluding ortho intramolecular Hbond substituents is 1. The maximum absolute atomic E-state index is 12.8. The smallest absolute Gasteiger partial charge is 0.314 e. The van der Waals surface area contributed by atoms with Crippen molar-refractivity contribution in [3.8, 4) is 5.75 Å². The summed E-state index contributed by atoms with van der Waals surface area (Å²) in [6.07, 6.45) is 2.69. The molecular weight excluding hydrogens is 370 g/mol. The summed E-state index contributed by atoms with van der Waals surface area (Å²) in [7, 11) is 4.42. The average molecular weight is 400 g/mol. The summed E-state index contributed by atoms with van der Waals surface area (Å²) in [5, 5.41) is 10.1. The zero-order valence-corrected chi connectivity index (χ0v) is 16.8. The molecule has 1 aromatic rings. The van der Waals surface area contributed by atoms with Crippen LogP contribution < -0.4 is 17.0 Å². The molecule has 0 aromatic heterocycles. The Balaban J connectivity index is 0.00000288. The van der Waals surface area contributed by atoms with Gasteiger partial charge in [0.1, 0.15) is 11.9 Å². The van der Waals surface area contributed by atoms with E-state index in [1.54, 1.807) is 12.1 Å². The van der Waals surface area contributed by atoms with Crippen molar-refractivity contribution in [1.82, 2.24) is 0 Å². The van der Waals surface area contributed by atoms with Gasteiger partial charge in [0, 0.05) is 18.4 Å². The van der Waals surface area contributed by atoms with Crippen molar-refractivity contribution < 1.29 is 36.1 Å². The van der Waals surface area contributed by atoms with Gasteiger partial charge in [-0.2, -0.15) is 0 Å². The van der Waals surface area contributed by atoms with E-state index in [9.17, 15) is 9.90 Å². The molecule has 4 nitrogen and oxygen atoms in total. The summed E-state index contributed by atoms with van der Waals surface area (Å²) in [4.78, 5) is 12.8. The Kier molecular flexibility index (Phi) is 7.74. The molecule has 24 heavy (non-hydrogen) atoms. The van der Waals surface area contributed by atoms with E-state index in [0.717, 1.165) is 36.8 Å². The molecule has 2 unspecified atom stereocenters. The van der Waals surface area contributed by atoms with Crippen molar-refractivity contribution in [3.05, 3.63) is 29.8 Å². The summed E-state index contributed by atoms with van der Waals surface area (Å²) in [5.41, 5.74) is 0.679. The van der Waals surface area contributed by atoms with Crippen molar-refractivity contribution in [2.24, 2.45) is 5.92 Å². The fourth-order valence-electron chi connectivity index (χ4n) is 3.25. The van der Waals surface area contributed by atoms with Gasteiger partial charge in [-0.15, -0.1) is 0 Å². The minimum Gasteiger partial charge on any atom is -1.00 e. The van der Waals surface area contributed by atoms with E-state index in [1.165, 1.54) is 0 Å². The van der Waals surface area contributed by atoms with E-state index in [-0.39, 0.29) is 40.7 Å². The van der Waals surface area contributed by atoms with Crippen LogP contribution in [-0.2, 0) is 9.53 Å². The number of piperidine rings is 1. The van der Waals surface area contributed by atoms with E-state index in [1.807, 2.05) is 19.1 Å². The van der Waals surface area contributed by atoms with Crippen molar-refractivity contribution >= 4 is 5.97 Å². The minimum absolute atomic E-state index is 0. The summed E-state index contributed by atoms with van der Waals surface area (Å²) in [6.45, 7) is 6.16. The van der Waals surface area contributed by atoms with Crippen LogP contribution in [0.4, 0.5) is 0 Å². The highest BCUT2D eigenvalue weighted by Gasteiger charge is 2.34. The molecule has 5 heteroatoms. The highest BCUT2D eigenvalue weighted by Crippen LogP contribution is 2.34. The van der Waals surface area contributed by atoms with Crippen molar-refractivity contribution in [3.63, 3.8) is 0 Å². The lowest BCUT2D eigenvalue weighted by Crippen LogP contribution is -3.00. The van der Waals surface area contributed by atoms with Crippen molar-refractivity contribution in [1.29, 1.82) is 0 Å². The number of halogens is 1. The molecule has 0 spiro atoms. The molecule has 1 aromatic carbocycles. The molecule has 0 amide bonds. The van der Waals surface area contributed by atoms with Crippen LogP contribution in [0.2, 0.25) is 0 Å². The van der Waals surface area contributed by atoms with E-state index in [0.29, 0.717) is 5.56 Å². The third-order valence-corrected chi connectivity index (χ3v) is 5.13. The standard InChI is InChI=1S/C19H29NO3.BrH/c1-5-14(2)18(16-8-6-7-9-17(16)21)19(22)23-15-10-12-20(3,4)13-11-15;/h6-9,14-15,18H,5,10-13H2,1-4H3;1H. The minimum atomic E-state index is -0.398. The maximum atomic E-state index is 12.8. The van der Waals surface area contributed by atoms with Crippen LogP contribution in [0.3, 0.4) is 0 Å². The number of phenols is 1.